The largest absolute Gasteiger partial charge is 0.297 e. The highest BCUT2D eigenvalue weighted by atomic mass is 16.1. The summed E-state index contributed by atoms with van der Waals surface area (Å²) in [5, 5.41) is 4.22. The normalized spacial score (nSPS) is 11.3. The summed E-state index contributed by atoms with van der Waals surface area (Å²) in [6, 6.07) is 0. The molecular formula is C10H17N3O. The molecule has 0 bridgehead atoms. The van der Waals surface area contributed by atoms with Crippen LogP contribution in [0.4, 0.5) is 0 Å². The van der Waals surface area contributed by atoms with Crippen LogP contribution in [0.3, 0.4) is 0 Å². The van der Waals surface area contributed by atoms with E-state index in [4.69, 9.17) is 0 Å². The molecule has 14 heavy (non-hydrogen) atoms. The van der Waals surface area contributed by atoms with E-state index < -0.39 is 0 Å². The van der Waals surface area contributed by atoms with E-state index in [0.717, 1.165) is 5.82 Å². The number of nitrogens with zero attached hydrogens (tertiary/aromatic N) is 3. The van der Waals surface area contributed by atoms with E-state index in [9.17, 15) is 4.79 Å². The summed E-state index contributed by atoms with van der Waals surface area (Å²) in [6.07, 6.45) is 1.62. The Hall–Kier alpha value is -1.19. The van der Waals surface area contributed by atoms with Gasteiger partial charge in [-0.05, 0) is 0 Å². The smallest absolute Gasteiger partial charge is 0.156 e. The predicted molar refractivity (Wildman–Crippen MR) is 54.0 cm³/mol. The third kappa shape index (κ3) is 2.65. The van der Waals surface area contributed by atoms with Crippen LogP contribution in [0, 0.1) is 5.92 Å². The number of aromatic nitrogens is 3. The van der Waals surface area contributed by atoms with Crippen molar-refractivity contribution in [2.24, 2.45) is 5.92 Å². The van der Waals surface area contributed by atoms with Crippen molar-refractivity contribution in [3.8, 4) is 0 Å². The molecule has 0 aliphatic heterocycles. The first-order chi connectivity index (χ1) is 6.50. The van der Waals surface area contributed by atoms with Crippen molar-refractivity contribution in [3.63, 3.8) is 0 Å². The molecule has 0 amide bonds. The molecule has 1 rings (SSSR count). The molecule has 0 radical (unpaired) electrons. The molecule has 0 saturated heterocycles. The van der Waals surface area contributed by atoms with Crippen LogP contribution >= 0.6 is 0 Å². The van der Waals surface area contributed by atoms with E-state index in [2.05, 4.69) is 10.1 Å². The highest BCUT2D eigenvalue weighted by Crippen LogP contribution is 2.07. The van der Waals surface area contributed by atoms with Gasteiger partial charge in [0.2, 0.25) is 0 Å². The molecule has 0 N–H and O–H groups in total. The van der Waals surface area contributed by atoms with Gasteiger partial charge in [0, 0.05) is 11.8 Å². The van der Waals surface area contributed by atoms with Crippen molar-refractivity contribution in [3.05, 3.63) is 12.2 Å². The number of carbonyl (C=O) groups is 1. The van der Waals surface area contributed by atoms with Gasteiger partial charge in [0.25, 0.3) is 0 Å². The zero-order valence-corrected chi connectivity index (χ0v) is 9.19. The number of carbonyl (C=O) groups excluding carboxylic acids is 1. The molecule has 0 saturated carbocycles. The van der Waals surface area contributed by atoms with E-state index >= 15 is 0 Å². The first-order valence-electron chi connectivity index (χ1n) is 4.92. The molecule has 1 heterocycles. The standard InChI is InChI=1S/C10H17N3O/c1-7(2)9(14)5-13-6-11-10(12-13)8(3)4/h6-8H,5H2,1-4H3. The molecule has 0 atom stereocenters. The van der Waals surface area contributed by atoms with Crippen molar-refractivity contribution in [1.29, 1.82) is 0 Å². The Balaban J connectivity index is 2.64. The van der Waals surface area contributed by atoms with Gasteiger partial charge >= 0.3 is 0 Å². The molecule has 0 spiro atoms. The van der Waals surface area contributed by atoms with Crippen LogP contribution in [0.2, 0.25) is 0 Å². The maximum atomic E-state index is 11.4. The lowest BCUT2D eigenvalue weighted by Crippen LogP contribution is -2.16. The maximum absolute atomic E-state index is 11.4. The Morgan fingerprint density at radius 3 is 2.50 bits per heavy atom. The minimum Gasteiger partial charge on any atom is -0.297 e. The fourth-order valence-electron chi connectivity index (χ4n) is 0.992. The molecule has 0 aromatic carbocycles. The Bertz CT molecular complexity index is 315. The summed E-state index contributed by atoms with van der Waals surface area (Å²) in [5.74, 6) is 1.35. The van der Waals surface area contributed by atoms with Gasteiger partial charge in [0.15, 0.2) is 11.6 Å². The second kappa shape index (κ2) is 4.35. The van der Waals surface area contributed by atoms with Crippen LogP contribution in [-0.2, 0) is 11.3 Å². The SMILES string of the molecule is CC(C)C(=O)Cn1cnc(C(C)C)n1. The number of ketones is 1. The second-order valence-electron chi connectivity index (χ2n) is 4.08. The lowest BCUT2D eigenvalue weighted by Gasteiger charge is -2.03. The Morgan fingerprint density at radius 1 is 1.43 bits per heavy atom. The van der Waals surface area contributed by atoms with E-state index in [1.165, 1.54) is 0 Å². The maximum Gasteiger partial charge on any atom is 0.156 e. The van der Waals surface area contributed by atoms with E-state index in [0.29, 0.717) is 12.5 Å². The summed E-state index contributed by atoms with van der Waals surface area (Å²) in [5.41, 5.74) is 0. The Kier molecular flexibility index (Phi) is 3.38. The monoisotopic (exact) mass is 195 g/mol. The van der Waals surface area contributed by atoms with Gasteiger partial charge in [0.05, 0.1) is 0 Å². The average molecular weight is 195 g/mol. The van der Waals surface area contributed by atoms with Gasteiger partial charge in [-0.1, -0.05) is 27.7 Å². The van der Waals surface area contributed by atoms with Gasteiger partial charge in [0.1, 0.15) is 12.9 Å². The molecule has 0 aliphatic carbocycles. The van der Waals surface area contributed by atoms with Gasteiger partial charge in [-0.15, -0.1) is 0 Å². The zero-order chi connectivity index (χ0) is 10.7. The fraction of sp³-hybridized carbons (Fsp3) is 0.700. The fourth-order valence-corrected chi connectivity index (χ4v) is 0.992. The summed E-state index contributed by atoms with van der Waals surface area (Å²) < 4.78 is 1.61. The zero-order valence-electron chi connectivity index (χ0n) is 9.19. The molecule has 4 nitrogen and oxygen atoms in total. The molecule has 1 aromatic heterocycles. The topological polar surface area (TPSA) is 47.8 Å². The van der Waals surface area contributed by atoms with Crippen LogP contribution in [0.15, 0.2) is 6.33 Å². The lowest BCUT2D eigenvalue weighted by atomic mass is 10.1. The van der Waals surface area contributed by atoms with E-state index in [1.54, 1.807) is 11.0 Å². The van der Waals surface area contributed by atoms with Crippen molar-refractivity contribution >= 4 is 5.78 Å². The third-order valence-corrected chi connectivity index (χ3v) is 2.03. The Morgan fingerprint density at radius 2 is 2.07 bits per heavy atom. The van der Waals surface area contributed by atoms with Gasteiger partial charge in [-0.25, -0.2) is 9.67 Å². The van der Waals surface area contributed by atoms with Gasteiger partial charge in [-0.2, -0.15) is 5.10 Å². The summed E-state index contributed by atoms with van der Waals surface area (Å²) in [7, 11) is 0. The van der Waals surface area contributed by atoms with Crippen LogP contribution in [-0.4, -0.2) is 20.5 Å². The third-order valence-electron chi connectivity index (χ3n) is 2.03. The molecule has 0 fully saturated rings. The first-order valence-corrected chi connectivity index (χ1v) is 4.92. The minimum atomic E-state index is 0.0571. The average Bonchev–Trinajstić information content (AvgIpc) is 2.52. The van der Waals surface area contributed by atoms with Crippen molar-refractivity contribution in [1.82, 2.24) is 14.8 Å². The van der Waals surface area contributed by atoms with E-state index in [-0.39, 0.29) is 11.7 Å². The quantitative estimate of drug-likeness (QED) is 0.733. The second-order valence-corrected chi connectivity index (χ2v) is 4.08. The molecule has 1 aromatic rings. The first kappa shape index (κ1) is 10.9. The van der Waals surface area contributed by atoms with Crippen molar-refractivity contribution in [2.45, 2.75) is 40.2 Å². The Labute approximate surface area is 84.3 Å². The summed E-state index contributed by atoms with van der Waals surface area (Å²) in [6.45, 7) is 8.18. The van der Waals surface area contributed by atoms with Crippen LogP contribution in [0.25, 0.3) is 0 Å². The summed E-state index contributed by atoms with van der Waals surface area (Å²) in [4.78, 5) is 15.5. The summed E-state index contributed by atoms with van der Waals surface area (Å²) >= 11 is 0. The molecular weight excluding hydrogens is 178 g/mol. The molecule has 0 unspecified atom stereocenters. The molecule has 78 valence electrons. The molecule has 0 aliphatic rings. The lowest BCUT2D eigenvalue weighted by molar-refractivity contribution is -0.122. The predicted octanol–water partition coefficient (Wildman–Crippen LogP) is 1.63. The highest BCUT2D eigenvalue weighted by Gasteiger charge is 2.10. The van der Waals surface area contributed by atoms with Crippen molar-refractivity contribution < 1.29 is 4.79 Å². The number of hydrogen-bond donors (Lipinski definition) is 0. The van der Waals surface area contributed by atoms with Gasteiger partial charge in [-0.3, -0.25) is 4.79 Å². The number of hydrogen-bond acceptors (Lipinski definition) is 3. The van der Waals surface area contributed by atoms with Crippen LogP contribution in [0.1, 0.15) is 39.4 Å². The van der Waals surface area contributed by atoms with Crippen LogP contribution in [0.5, 0.6) is 0 Å². The van der Waals surface area contributed by atoms with Gasteiger partial charge < -0.3 is 0 Å². The number of Topliss-reactive ketones (excluding diaryl/α,β-unsaturated/α-hetero) is 1. The van der Waals surface area contributed by atoms with E-state index in [1.807, 2.05) is 27.7 Å². The number of rotatable bonds is 4. The highest BCUT2D eigenvalue weighted by molar-refractivity contribution is 5.79. The minimum absolute atomic E-state index is 0.0571. The van der Waals surface area contributed by atoms with Crippen LogP contribution < -0.4 is 0 Å². The molecule has 4 heteroatoms. The van der Waals surface area contributed by atoms with Crippen molar-refractivity contribution in [2.75, 3.05) is 0 Å².